The molecule has 0 unspecified atom stereocenters. The number of rotatable bonds is 4. The smallest absolute Gasteiger partial charge is 0.422 e. The lowest BCUT2D eigenvalue weighted by atomic mass is 10.1. The number of aryl methyl sites for hydroxylation is 2. The number of alkyl halides is 3. The molecule has 0 aromatic heterocycles. The standard InChI is InChI=1S/C16H17F3N2O.C2H6/c1-10-7-14(20)15(8-11(10)2)21-12-3-5-13(6-4-12)22-9-16(17,18)19;1-2/h3-8,21H,9,20H2,1-2H3;1-2H3. The highest BCUT2D eigenvalue weighted by atomic mass is 19.4. The molecule has 0 aliphatic carbocycles. The fourth-order valence-corrected chi connectivity index (χ4v) is 1.90. The SMILES string of the molecule is CC.Cc1cc(N)c(Nc2ccc(OCC(F)(F)F)cc2)cc1C. The largest absolute Gasteiger partial charge is 0.484 e. The second kappa shape index (κ2) is 8.47. The minimum atomic E-state index is -4.34. The Kier molecular flexibility index (Phi) is 6.95. The Morgan fingerprint density at radius 2 is 1.54 bits per heavy atom. The van der Waals surface area contributed by atoms with Gasteiger partial charge in [-0.1, -0.05) is 13.8 Å². The third-order valence-electron chi connectivity index (χ3n) is 3.20. The van der Waals surface area contributed by atoms with Crippen LogP contribution in [0.2, 0.25) is 0 Å². The Balaban J connectivity index is 0.00000139. The molecule has 3 nitrogen and oxygen atoms in total. The molecule has 0 aliphatic heterocycles. The third kappa shape index (κ3) is 6.02. The molecular weight excluding hydrogens is 317 g/mol. The van der Waals surface area contributed by atoms with Crippen molar-refractivity contribution in [3.63, 3.8) is 0 Å². The first-order chi connectivity index (χ1) is 11.2. The first-order valence-corrected chi connectivity index (χ1v) is 7.68. The van der Waals surface area contributed by atoms with Gasteiger partial charge >= 0.3 is 6.18 Å². The molecule has 6 heteroatoms. The van der Waals surface area contributed by atoms with Gasteiger partial charge in [0.25, 0.3) is 0 Å². The van der Waals surface area contributed by atoms with Gasteiger partial charge in [-0.3, -0.25) is 0 Å². The summed E-state index contributed by atoms with van der Waals surface area (Å²) in [6.45, 7) is 6.65. The Bertz CT molecular complexity index is 653. The number of anilines is 3. The maximum absolute atomic E-state index is 12.1. The molecule has 0 aliphatic rings. The van der Waals surface area contributed by atoms with Gasteiger partial charge in [-0.05, 0) is 61.4 Å². The van der Waals surface area contributed by atoms with Crippen LogP contribution in [0.15, 0.2) is 36.4 Å². The highest BCUT2D eigenvalue weighted by Gasteiger charge is 2.28. The summed E-state index contributed by atoms with van der Waals surface area (Å²) >= 11 is 0. The zero-order valence-electron chi connectivity index (χ0n) is 14.3. The third-order valence-corrected chi connectivity index (χ3v) is 3.20. The van der Waals surface area contributed by atoms with E-state index >= 15 is 0 Å². The van der Waals surface area contributed by atoms with Crippen LogP contribution in [0.25, 0.3) is 0 Å². The predicted molar refractivity (Wildman–Crippen MR) is 93.0 cm³/mol. The maximum atomic E-state index is 12.1. The lowest BCUT2D eigenvalue weighted by molar-refractivity contribution is -0.153. The predicted octanol–water partition coefficient (Wildman–Crippen LogP) is 5.60. The molecule has 3 N–H and O–H groups in total. The van der Waals surface area contributed by atoms with E-state index in [1.165, 1.54) is 12.1 Å². The Morgan fingerprint density at radius 3 is 2.08 bits per heavy atom. The second-order valence-corrected chi connectivity index (χ2v) is 5.08. The van der Waals surface area contributed by atoms with Crippen LogP contribution in [0.5, 0.6) is 5.75 Å². The lowest BCUT2D eigenvalue weighted by Gasteiger charge is -2.13. The van der Waals surface area contributed by atoms with Crippen molar-refractivity contribution >= 4 is 17.1 Å². The van der Waals surface area contributed by atoms with Crippen LogP contribution in [0.1, 0.15) is 25.0 Å². The molecule has 132 valence electrons. The van der Waals surface area contributed by atoms with E-state index in [0.29, 0.717) is 11.4 Å². The van der Waals surface area contributed by atoms with Crippen LogP contribution in [0.4, 0.5) is 30.2 Å². The summed E-state index contributed by atoms with van der Waals surface area (Å²) in [5.41, 5.74) is 10.2. The molecule has 0 bridgehead atoms. The number of benzene rings is 2. The van der Waals surface area contributed by atoms with Gasteiger partial charge in [-0.15, -0.1) is 0 Å². The van der Waals surface area contributed by atoms with Crippen molar-refractivity contribution in [2.24, 2.45) is 0 Å². The average molecular weight is 340 g/mol. The first kappa shape index (κ1) is 19.7. The summed E-state index contributed by atoms with van der Waals surface area (Å²) in [5, 5.41) is 3.14. The van der Waals surface area contributed by atoms with Crippen molar-refractivity contribution in [1.82, 2.24) is 0 Å². The summed E-state index contributed by atoms with van der Waals surface area (Å²) in [7, 11) is 0. The monoisotopic (exact) mass is 340 g/mol. The van der Waals surface area contributed by atoms with Crippen molar-refractivity contribution < 1.29 is 17.9 Å². The van der Waals surface area contributed by atoms with Crippen molar-refractivity contribution in [3.8, 4) is 5.75 Å². The van der Waals surface area contributed by atoms with Gasteiger partial charge in [0.05, 0.1) is 11.4 Å². The summed E-state index contributed by atoms with van der Waals surface area (Å²) in [6, 6.07) is 10.0. The summed E-state index contributed by atoms with van der Waals surface area (Å²) in [5.74, 6) is 0.163. The Hall–Kier alpha value is -2.37. The van der Waals surface area contributed by atoms with E-state index in [9.17, 15) is 13.2 Å². The molecule has 0 spiro atoms. The number of halogens is 3. The molecule has 0 atom stereocenters. The van der Waals surface area contributed by atoms with Crippen molar-refractivity contribution in [1.29, 1.82) is 0 Å². The van der Waals surface area contributed by atoms with E-state index in [2.05, 4.69) is 10.1 Å². The number of nitrogens with two attached hydrogens (primary N) is 1. The van der Waals surface area contributed by atoms with Gasteiger partial charge in [0, 0.05) is 5.69 Å². The first-order valence-electron chi connectivity index (χ1n) is 7.68. The van der Waals surface area contributed by atoms with E-state index in [0.717, 1.165) is 16.8 Å². The van der Waals surface area contributed by atoms with Crippen molar-refractivity contribution in [2.45, 2.75) is 33.9 Å². The zero-order valence-corrected chi connectivity index (χ0v) is 14.3. The fourth-order valence-electron chi connectivity index (χ4n) is 1.90. The van der Waals surface area contributed by atoms with Gasteiger partial charge < -0.3 is 15.8 Å². The van der Waals surface area contributed by atoms with E-state index in [1.54, 1.807) is 12.1 Å². The maximum Gasteiger partial charge on any atom is 0.422 e. The van der Waals surface area contributed by atoms with Crippen LogP contribution in [-0.4, -0.2) is 12.8 Å². The second-order valence-electron chi connectivity index (χ2n) is 5.08. The minimum Gasteiger partial charge on any atom is -0.484 e. The van der Waals surface area contributed by atoms with E-state index < -0.39 is 12.8 Å². The molecular formula is C18H23F3N2O. The quantitative estimate of drug-likeness (QED) is 0.713. The highest BCUT2D eigenvalue weighted by Crippen LogP contribution is 2.27. The Labute approximate surface area is 140 Å². The number of hydrogen-bond donors (Lipinski definition) is 2. The molecule has 2 aromatic rings. The highest BCUT2D eigenvalue weighted by molar-refractivity contribution is 5.74. The summed E-state index contributed by atoms with van der Waals surface area (Å²) in [4.78, 5) is 0. The molecule has 2 rings (SSSR count). The molecule has 0 fully saturated rings. The molecule has 0 radical (unpaired) electrons. The van der Waals surface area contributed by atoms with Crippen LogP contribution >= 0.6 is 0 Å². The van der Waals surface area contributed by atoms with Crippen LogP contribution in [0, 0.1) is 13.8 Å². The van der Waals surface area contributed by atoms with E-state index in [1.807, 2.05) is 39.8 Å². The van der Waals surface area contributed by atoms with Gasteiger partial charge in [0.2, 0.25) is 0 Å². The molecule has 0 saturated heterocycles. The molecule has 2 aromatic carbocycles. The molecule has 0 saturated carbocycles. The molecule has 0 amide bonds. The average Bonchev–Trinajstić information content (AvgIpc) is 2.53. The van der Waals surface area contributed by atoms with Gasteiger partial charge in [-0.2, -0.15) is 13.2 Å². The number of ether oxygens (including phenoxy) is 1. The number of nitrogen functional groups attached to an aromatic ring is 1. The van der Waals surface area contributed by atoms with Gasteiger partial charge in [-0.25, -0.2) is 0 Å². The molecule has 0 heterocycles. The number of nitrogens with one attached hydrogen (secondary N) is 1. The molecule has 24 heavy (non-hydrogen) atoms. The van der Waals surface area contributed by atoms with Crippen LogP contribution in [-0.2, 0) is 0 Å². The van der Waals surface area contributed by atoms with Gasteiger partial charge in [0.1, 0.15) is 5.75 Å². The normalized spacial score (nSPS) is 10.6. The van der Waals surface area contributed by atoms with Crippen molar-refractivity contribution in [3.05, 3.63) is 47.5 Å². The number of hydrogen-bond acceptors (Lipinski definition) is 3. The zero-order chi connectivity index (χ0) is 18.3. The van der Waals surface area contributed by atoms with E-state index in [-0.39, 0.29) is 5.75 Å². The van der Waals surface area contributed by atoms with Crippen LogP contribution < -0.4 is 15.8 Å². The van der Waals surface area contributed by atoms with Gasteiger partial charge in [0.15, 0.2) is 6.61 Å². The van der Waals surface area contributed by atoms with E-state index in [4.69, 9.17) is 5.73 Å². The van der Waals surface area contributed by atoms with Crippen molar-refractivity contribution in [2.75, 3.05) is 17.7 Å². The van der Waals surface area contributed by atoms with Crippen LogP contribution in [0.3, 0.4) is 0 Å². The Morgan fingerprint density at radius 1 is 1.00 bits per heavy atom. The fraction of sp³-hybridized carbons (Fsp3) is 0.333. The minimum absolute atomic E-state index is 0.163. The summed E-state index contributed by atoms with van der Waals surface area (Å²) < 4.78 is 40.9. The lowest BCUT2D eigenvalue weighted by Crippen LogP contribution is -2.19. The summed E-state index contributed by atoms with van der Waals surface area (Å²) in [6.07, 6.45) is -4.34. The topological polar surface area (TPSA) is 47.3 Å².